The number of piperidine rings is 1. The van der Waals surface area contributed by atoms with Crippen LogP contribution in [0, 0.1) is 5.92 Å². The molecule has 2 saturated carbocycles. The van der Waals surface area contributed by atoms with Gasteiger partial charge in [-0.25, -0.2) is 4.98 Å². The fourth-order valence-corrected chi connectivity index (χ4v) is 4.82. The van der Waals surface area contributed by atoms with E-state index < -0.39 is 0 Å². The molecule has 2 aliphatic carbocycles. The first-order chi connectivity index (χ1) is 13.3. The summed E-state index contributed by atoms with van der Waals surface area (Å²) in [7, 11) is 0. The van der Waals surface area contributed by atoms with Crippen molar-refractivity contribution >= 4 is 0 Å². The third kappa shape index (κ3) is 4.10. The molecule has 0 atom stereocenters. The fraction of sp³-hybridized carbons (Fsp3) is 0.762. The Hall–Kier alpha value is -1.69. The molecule has 0 amide bonds. The Kier molecular flexibility index (Phi) is 4.99. The molecule has 3 fully saturated rings. The summed E-state index contributed by atoms with van der Waals surface area (Å²) >= 11 is 0. The molecule has 1 saturated heterocycles. The summed E-state index contributed by atoms with van der Waals surface area (Å²) in [6.45, 7) is 3.36. The average molecular weight is 370 g/mol. The summed E-state index contributed by atoms with van der Waals surface area (Å²) in [6.07, 6.45) is 16.8. The van der Waals surface area contributed by atoms with Gasteiger partial charge in [-0.05, 0) is 57.5 Å². The molecule has 3 aliphatic rings. The normalized spacial score (nSPS) is 23.1. The lowest BCUT2D eigenvalue weighted by atomic mass is 9.93. The lowest BCUT2D eigenvalue weighted by Crippen LogP contribution is -2.34. The molecule has 1 aliphatic heterocycles. The molecule has 0 spiro atoms. The minimum Gasteiger partial charge on any atom is -0.339 e. The number of hydrogen-bond acceptors (Lipinski definition) is 5. The van der Waals surface area contributed by atoms with Crippen molar-refractivity contribution in [1.82, 2.24) is 24.6 Å². The highest BCUT2D eigenvalue weighted by molar-refractivity contribution is 5.03. The quantitative estimate of drug-likeness (QED) is 0.767. The van der Waals surface area contributed by atoms with Crippen molar-refractivity contribution in [3.05, 3.63) is 29.9 Å². The van der Waals surface area contributed by atoms with Gasteiger partial charge in [0, 0.05) is 31.1 Å². The Balaban J connectivity index is 1.12. The van der Waals surface area contributed by atoms with Crippen molar-refractivity contribution in [2.24, 2.45) is 5.92 Å². The summed E-state index contributed by atoms with van der Waals surface area (Å²) in [5, 5.41) is 4.20. The summed E-state index contributed by atoms with van der Waals surface area (Å²) in [6, 6.07) is 0.674. The predicted octanol–water partition coefficient (Wildman–Crippen LogP) is 4.10. The largest absolute Gasteiger partial charge is 0.339 e. The predicted molar refractivity (Wildman–Crippen MR) is 102 cm³/mol. The summed E-state index contributed by atoms with van der Waals surface area (Å²) in [5.74, 6) is 3.04. The topological polar surface area (TPSA) is 60.0 Å². The van der Waals surface area contributed by atoms with Crippen LogP contribution < -0.4 is 0 Å². The van der Waals surface area contributed by atoms with Crippen molar-refractivity contribution in [2.45, 2.75) is 82.7 Å². The summed E-state index contributed by atoms with van der Waals surface area (Å²) < 4.78 is 7.87. The molecule has 0 aromatic carbocycles. The van der Waals surface area contributed by atoms with Gasteiger partial charge in [0.2, 0.25) is 5.89 Å². The second-order valence-corrected chi connectivity index (χ2v) is 8.83. The molecule has 0 unspecified atom stereocenters. The van der Waals surface area contributed by atoms with Crippen LogP contribution in [0.1, 0.15) is 87.2 Å². The lowest BCUT2D eigenvalue weighted by Gasteiger charge is -2.32. The summed E-state index contributed by atoms with van der Waals surface area (Å²) in [4.78, 5) is 11.7. The second kappa shape index (κ2) is 7.74. The van der Waals surface area contributed by atoms with Crippen LogP contribution in [0.5, 0.6) is 0 Å². The first-order valence-corrected chi connectivity index (χ1v) is 10.9. The molecule has 5 rings (SSSR count). The highest BCUT2D eigenvalue weighted by atomic mass is 16.5. The zero-order valence-corrected chi connectivity index (χ0v) is 16.2. The first kappa shape index (κ1) is 17.4. The minimum absolute atomic E-state index is 0.558. The van der Waals surface area contributed by atoms with Gasteiger partial charge in [0.1, 0.15) is 0 Å². The van der Waals surface area contributed by atoms with Gasteiger partial charge in [-0.1, -0.05) is 24.4 Å². The van der Waals surface area contributed by atoms with Crippen molar-refractivity contribution in [3.8, 4) is 0 Å². The van der Waals surface area contributed by atoms with Crippen LogP contribution in [0.4, 0.5) is 0 Å². The van der Waals surface area contributed by atoms with E-state index in [1.54, 1.807) is 0 Å². The van der Waals surface area contributed by atoms with Gasteiger partial charge in [-0.3, -0.25) is 4.90 Å². The Morgan fingerprint density at radius 2 is 1.81 bits per heavy atom. The molecular weight excluding hydrogens is 338 g/mol. The van der Waals surface area contributed by atoms with Gasteiger partial charge in [0.25, 0.3) is 0 Å². The second-order valence-electron chi connectivity index (χ2n) is 8.83. The zero-order chi connectivity index (χ0) is 18.1. The standard InChI is InChI=1S/C21H31N5O/c1-2-4-18(5-3-1)26-15-22-13-19(26)14-25-10-8-16(9-11-25)12-20-23-21(27-24-20)17-6-7-17/h13,15-18H,1-12,14H2. The molecule has 0 radical (unpaired) electrons. The zero-order valence-electron chi connectivity index (χ0n) is 16.2. The first-order valence-electron chi connectivity index (χ1n) is 10.9. The van der Waals surface area contributed by atoms with Crippen LogP contribution in [0.3, 0.4) is 0 Å². The molecule has 146 valence electrons. The van der Waals surface area contributed by atoms with E-state index >= 15 is 0 Å². The molecule has 6 nitrogen and oxygen atoms in total. The number of nitrogens with zero attached hydrogens (tertiary/aromatic N) is 5. The van der Waals surface area contributed by atoms with E-state index in [9.17, 15) is 0 Å². The van der Waals surface area contributed by atoms with Crippen molar-refractivity contribution in [1.29, 1.82) is 0 Å². The number of rotatable bonds is 6. The van der Waals surface area contributed by atoms with Gasteiger partial charge in [0.05, 0.1) is 12.0 Å². The van der Waals surface area contributed by atoms with Crippen LogP contribution >= 0.6 is 0 Å². The Morgan fingerprint density at radius 1 is 1.00 bits per heavy atom. The van der Waals surface area contributed by atoms with Crippen LogP contribution in [-0.2, 0) is 13.0 Å². The van der Waals surface area contributed by atoms with E-state index in [1.807, 2.05) is 0 Å². The van der Waals surface area contributed by atoms with E-state index in [4.69, 9.17) is 4.52 Å². The van der Waals surface area contributed by atoms with Gasteiger partial charge >= 0.3 is 0 Å². The Morgan fingerprint density at radius 3 is 2.59 bits per heavy atom. The molecule has 3 heterocycles. The fourth-order valence-electron chi connectivity index (χ4n) is 4.82. The maximum atomic E-state index is 5.41. The molecule has 0 bridgehead atoms. The van der Waals surface area contributed by atoms with Gasteiger partial charge < -0.3 is 9.09 Å². The van der Waals surface area contributed by atoms with E-state index in [1.165, 1.54) is 63.5 Å². The van der Waals surface area contributed by atoms with Crippen LogP contribution in [0.15, 0.2) is 17.0 Å². The van der Waals surface area contributed by atoms with Crippen molar-refractivity contribution < 1.29 is 4.52 Å². The molecule has 27 heavy (non-hydrogen) atoms. The van der Waals surface area contributed by atoms with Crippen LogP contribution in [0.2, 0.25) is 0 Å². The Bertz CT molecular complexity index is 735. The average Bonchev–Trinajstić information content (AvgIpc) is 3.28. The number of aromatic nitrogens is 4. The van der Waals surface area contributed by atoms with Crippen molar-refractivity contribution in [2.75, 3.05) is 13.1 Å². The van der Waals surface area contributed by atoms with Gasteiger partial charge in [-0.2, -0.15) is 4.98 Å². The molecule has 2 aromatic rings. The monoisotopic (exact) mass is 369 g/mol. The van der Waals surface area contributed by atoms with Crippen molar-refractivity contribution in [3.63, 3.8) is 0 Å². The van der Waals surface area contributed by atoms with E-state index in [0.717, 1.165) is 37.8 Å². The highest BCUT2D eigenvalue weighted by Crippen LogP contribution is 2.39. The van der Waals surface area contributed by atoms with Crippen LogP contribution in [0.25, 0.3) is 0 Å². The third-order valence-corrected chi connectivity index (χ3v) is 6.69. The Labute approximate surface area is 161 Å². The van der Waals surface area contributed by atoms with Crippen LogP contribution in [-0.4, -0.2) is 37.7 Å². The summed E-state index contributed by atoms with van der Waals surface area (Å²) in [5.41, 5.74) is 1.40. The molecular formula is C21H31N5O. The number of imidazole rings is 1. The maximum Gasteiger partial charge on any atom is 0.229 e. The third-order valence-electron chi connectivity index (χ3n) is 6.69. The van der Waals surface area contributed by atoms with Gasteiger partial charge in [-0.15, -0.1) is 0 Å². The number of likely N-dealkylation sites (tertiary alicyclic amines) is 1. The lowest BCUT2D eigenvalue weighted by molar-refractivity contribution is 0.170. The van der Waals surface area contributed by atoms with E-state index in [0.29, 0.717) is 17.9 Å². The minimum atomic E-state index is 0.558. The maximum absolute atomic E-state index is 5.41. The number of hydrogen-bond donors (Lipinski definition) is 0. The molecule has 0 N–H and O–H groups in total. The smallest absolute Gasteiger partial charge is 0.229 e. The SMILES string of the molecule is c1ncn(C2CCCCC2)c1CN1CCC(Cc2noc(C3CC3)n2)CC1. The van der Waals surface area contributed by atoms with Gasteiger partial charge in [0.15, 0.2) is 5.82 Å². The molecule has 6 heteroatoms. The van der Waals surface area contributed by atoms with E-state index in [2.05, 4.69) is 37.1 Å². The van der Waals surface area contributed by atoms with E-state index in [-0.39, 0.29) is 0 Å². The molecule has 2 aromatic heterocycles. The highest BCUT2D eigenvalue weighted by Gasteiger charge is 2.30.